The van der Waals surface area contributed by atoms with Gasteiger partial charge >= 0.3 is 0 Å². The highest BCUT2D eigenvalue weighted by molar-refractivity contribution is 6.06. The molecule has 2 aromatic heterocycles. The number of aromatic nitrogens is 3. The van der Waals surface area contributed by atoms with Crippen LogP contribution >= 0.6 is 0 Å². The number of hydrogen-bond acceptors (Lipinski definition) is 4. The Kier molecular flexibility index (Phi) is 4.87. The van der Waals surface area contributed by atoms with Crippen molar-refractivity contribution in [1.82, 2.24) is 15.2 Å². The van der Waals surface area contributed by atoms with Gasteiger partial charge in [-0.05, 0) is 11.6 Å². The van der Waals surface area contributed by atoms with Gasteiger partial charge in [-0.15, -0.1) is 0 Å². The molecule has 144 valence electrons. The maximum absolute atomic E-state index is 15.2. The monoisotopic (exact) mass is 387 g/mol. The summed E-state index contributed by atoms with van der Waals surface area (Å²) in [6.45, 7) is 0.301. The summed E-state index contributed by atoms with van der Waals surface area (Å²) in [5.41, 5.74) is 0.818. The van der Waals surface area contributed by atoms with Crippen LogP contribution in [0.4, 0.5) is 13.2 Å². The standard InChI is InChI=1S/C20H16F3N3O2/c1-27-6-7-28-16-9-14(22)18-15(8-11-4-2-3-5-13(11)21)25-20-12(10-24-26-20)17(18)19(16)23/h2-5,9-10H,6-8H2,1H3,(H,24,25,26). The normalized spacial score (nSPS) is 11.4. The Balaban J connectivity index is 1.93. The highest BCUT2D eigenvalue weighted by atomic mass is 19.1. The van der Waals surface area contributed by atoms with Gasteiger partial charge in [0, 0.05) is 35.8 Å². The van der Waals surface area contributed by atoms with E-state index >= 15 is 4.39 Å². The van der Waals surface area contributed by atoms with E-state index < -0.39 is 17.5 Å². The lowest BCUT2D eigenvalue weighted by molar-refractivity contribution is 0.144. The minimum Gasteiger partial charge on any atom is -0.488 e. The van der Waals surface area contributed by atoms with Gasteiger partial charge in [0.1, 0.15) is 18.2 Å². The highest BCUT2D eigenvalue weighted by Crippen LogP contribution is 2.35. The van der Waals surface area contributed by atoms with Crippen LogP contribution < -0.4 is 4.74 Å². The number of fused-ring (bicyclic) bond motifs is 3. The van der Waals surface area contributed by atoms with Gasteiger partial charge in [0.15, 0.2) is 17.2 Å². The molecule has 8 heteroatoms. The van der Waals surface area contributed by atoms with Crippen LogP contribution in [-0.4, -0.2) is 35.5 Å². The number of benzene rings is 2. The number of H-pyrrole nitrogens is 1. The first-order chi connectivity index (χ1) is 13.6. The summed E-state index contributed by atoms with van der Waals surface area (Å²) in [7, 11) is 1.48. The fourth-order valence-electron chi connectivity index (χ4n) is 3.17. The molecule has 0 spiro atoms. The van der Waals surface area contributed by atoms with E-state index in [2.05, 4.69) is 15.2 Å². The third-order valence-electron chi connectivity index (χ3n) is 4.47. The number of hydrogen-bond donors (Lipinski definition) is 1. The lowest BCUT2D eigenvalue weighted by atomic mass is 10.0. The first kappa shape index (κ1) is 18.2. The number of ether oxygens (including phenoxy) is 2. The molecule has 2 heterocycles. The average Bonchev–Trinajstić information content (AvgIpc) is 3.15. The molecule has 0 aliphatic heterocycles. The first-order valence-corrected chi connectivity index (χ1v) is 8.59. The second kappa shape index (κ2) is 7.47. The molecule has 0 unspecified atom stereocenters. The van der Waals surface area contributed by atoms with Gasteiger partial charge in [-0.2, -0.15) is 5.10 Å². The maximum atomic E-state index is 15.2. The summed E-state index contributed by atoms with van der Waals surface area (Å²) >= 11 is 0. The van der Waals surface area contributed by atoms with Crippen molar-refractivity contribution in [3.63, 3.8) is 0 Å². The van der Waals surface area contributed by atoms with Crippen LogP contribution in [0.2, 0.25) is 0 Å². The van der Waals surface area contributed by atoms with Gasteiger partial charge in [0.05, 0.1) is 18.5 Å². The van der Waals surface area contributed by atoms with Crippen LogP contribution in [0.25, 0.3) is 21.8 Å². The molecule has 4 rings (SSSR count). The third kappa shape index (κ3) is 3.16. The number of aromatic amines is 1. The molecule has 28 heavy (non-hydrogen) atoms. The fraction of sp³-hybridized carbons (Fsp3) is 0.200. The number of rotatable bonds is 6. The van der Waals surface area contributed by atoms with Crippen LogP contribution in [0.1, 0.15) is 11.3 Å². The topological polar surface area (TPSA) is 60.0 Å². The van der Waals surface area contributed by atoms with Crippen molar-refractivity contribution >= 4 is 21.8 Å². The van der Waals surface area contributed by atoms with Crippen LogP contribution in [-0.2, 0) is 11.2 Å². The van der Waals surface area contributed by atoms with Crippen molar-refractivity contribution < 1.29 is 22.6 Å². The van der Waals surface area contributed by atoms with Gasteiger partial charge in [0.2, 0.25) is 0 Å². The molecule has 0 radical (unpaired) electrons. The molecule has 0 aliphatic rings. The SMILES string of the molecule is COCCOc1cc(F)c2c(Cc3ccccc3F)nc3[nH]ncc3c2c1F. The lowest BCUT2D eigenvalue weighted by Gasteiger charge is -2.13. The van der Waals surface area contributed by atoms with Gasteiger partial charge in [-0.3, -0.25) is 5.10 Å². The Morgan fingerprint density at radius 1 is 1.04 bits per heavy atom. The van der Waals surface area contributed by atoms with E-state index in [0.717, 1.165) is 6.07 Å². The number of halogens is 3. The van der Waals surface area contributed by atoms with E-state index in [0.29, 0.717) is 10.9 Å². The van der Waals surface area contributed by atoms with Crippen molar-refractivity contribution in [2.75, 3.05) is 20.3 Å². The summed E-state index contributed by atoms with van der Waals surface area (Å²) in [5, 5.41) is 6.85. The van der Waals surface area contributed by atoms with Crippen LogP contribution in [0.3, 0.4) is 0 Å². The molecule has 0 bridgehead atoms. The molecular weight excluding hydrogens is 371 g/mol. The van der Waals surface area contributed by atoms with E-state index in [9.17, 15) is 8.78 Å². The Bertz CT molecular complexity index is 1160. The number of nitrogens with zero attached hydrogens (tertiary/aromatic N) is 2. The zero-order chi connectivity index (χ0) is 19.7. The average molecular weight is 387 g/mol. The Morgan fingerprint density at radius 3 is 2.64 bits per heavy atom. The molecule has 0 atom stereocenters. The summed E-state index contributed by atoms with van der Waals surface area (Å²) in [5.74, 6) is -2.10. The van der Waals surface area contributed by atoms with Crippen molar-refractivity contribution in [3.05, 3.63) is 65.2 Å². The van der Waals surface area contributed by atoms with E-state index in [1.54, 1.807) is 18.2 Å². The van der Waals surface area contributed by atoms with E-state index in [1.807, 2.05) is 0 Å². The molecule has 0 fully saturated rings. The molecule has 0 saturated carbocycles. The minimum atomic E-state index is -0.726. The summed E-state index contributed by atoms with van der Waals surface area (Å²) < 4.78 is 54.5. The molecule has 0 saturated heterocycles. The van der Waals surface area contributed by atoms with Gasteiger partial charge in [-0.25, -0.2) is 18.2 Å². The van der Waals surface area contributed by atoms with Crippen molar-refractivity contribution in [1.29, 1.82) is 0 Å². The second-order valence-corrected chi connectivity index (χ2v) is 6.22. The van der Waals surface area contributed by atoms with Gasteiger partial charge in [0.25, 0.3) is 0 Å². The Morgan fingerprint density at radius 2 is 1.86 bits per heavy atom. The zero-order valence-corrected chi connectivity index (χ0v) is 14.9. The molecule has 0 amide bonds. The Hall–Kier alpha value is -3.13. The predicted molar refractivity (Wildman–Crippen MR) is 97.9 cm³/mol. The van der Waals surface area contributed by atoms with E-state index in [4.69, 9.17) is 9.47 Å². The lowest BCUT2D eigenvalue weighted by Crippen LogP contribution is -2.07. The van der Waals surface area contributed by atoms with E-state index in [1.165, 1.54) is 19.4 Å². The summed E-state index contributed by atoms with van der Waals surface area (Å²) in [4.78, 5) is 4.35. The fourth-order valence-corrected chi connectivity index (χ4v) is 3.17. The molecule has 2 aromatic carbocycles. The number of nitrogens with one attached hydrogen (secondary N) is 1. The second-order valence-electron chi connectivity index (χ2n) is 6.22. The maximum Gasteiger partial charge on any atom is 0.173 e. The zero-order valence-electron chi connectivity index (χ0n) is 14.9. The quantitative estimate of drug-likeness (QED) is 0.505. The van der Waals surface area contributed by atoms with E-state index in [-0.39, 0.29) is 47.5 Å². The predicted octanol–water partition coefficient (Wildman–Crippen LogP) is 4.14. The Labute approximate surface area is 158 Å². The molecular formula is C20H16F3N3O2. The number of pyridine rings is 1. The smallest absolute Gasteiger partial charge is 0.173 e. The highest BCUT2D eigenvalue weighted by Gasteiger charge is 2.22. The molecule has 0 aliphatic carbocycles. The third-order valence-corrected chi connectivity index (χ3v) is 4.47. The largest absolute Gasteiger partial charge is 0.488 e. The molecule has 5 nitrogen and oxygen atoms in total. The van der Waals surface area contributed by atoms with Gasteiger partial charge < -0.3 is 9.47 Å². The number of methoxy groups -OCH3 is 1. The van der Waals surface area contributed by atoms with Crippen LogP contribution in [0.5, 0.6) is 5.75 Å². The molecule has 1 N–H and O–H groups in total. The summed E-state index contributed by atoms with van der Waals surface area (Å²) in [6, 6.07) is 7.10. The van der Waals surface area contributed by atoms with Gasteiger partial charge in [-0.1, -0.05) is 18.2 Å². The first-order valence-electron chi connectivity index (χ1n) is 8.59. The molecule has 4 aromatic rings. The minimum absolute atomic E-state index is 0.00162. The van der Waals surface area contributed by atoms with Crippen molar-refractivity contribution in [3.8, 4) is 5.75 Å². The van der Waals surface area contributed by atoms with Crippen molar-refractivity contribution in [2.24, 2.45) is 0 Å². The van der Waals surface area contributed by atoms with Crippen LogP contribution in [0.15, 0.2) is 36.5 Å². The van der Waals surface area contributed by atoms with Crippen LogP contribution in [0, 0.1) is 17.5 Å². The van der Waals surface area contributed by atoms with Crippen molar-refractivity contribution in [2.45, 2.75) is 6.42 Å². The summed E-state index contributed by atoms with van der Waals surface area (Å²) in [6.07, 6.45) is 1.37.